The van der Waals surface area contributed by atoms with Crippen LogP contribution in [0.5, 0.6) is 0 Å². The number of nitrogens with two attached hydrogens (primary N) is 1. The molecular weight excluding hydrogens is 268 g/mol. The van der Waals surface area contributed by atoms with Crippen LogP contribution in [0.3, 0.4) is 0 Å². The van der Waals surface area contributed by atoms with E-state index in [1.54, 1.807) is 37.3 Å². The minimum Gasteiger partial charge on any atom is -0.324 e. The smallest absolute Gasteiger partial charge is 0.142 e. The average Bonchev–Trinajstić information content (AvgIpc) is 2.38. The number of hydrogen-bond acceptors (Lipinski definition) is 1. The van der Waals surface area contributed by atoms with Crippen LogP contribution in [0.25, 0.3) is 0 Å². The molecular formula is C15H14ClF2N. The van der Waals surface area contributed by atoms with Gasteiger partial charge in [-0.15, -0.1) is 0 Å². The second-order valence-electron chi connectivity index (χ2n) is 4.50. The van der Waals surface area contributed by atoms with Crippen molar-refractivity contribution >= 4 is 11.6 Å². The first-order chi connectivity index (χ1) is 9.00. The van der Waals surface area contributed by atoms with Gasteiger partial charge >= 0.3 is 0 Å². The van der Waals surface area contributed by atoms with E-state index in [0.717, 1.165) is 0 Å². The number of aryl methyl sites for hydroxylation is 1. The van der Waals surface area contributed by atoms with Crippen molar-refractivity contribution in [2.75, 3.05) is 0 Å². The van der Waals surface area contributed by atoms with Crippen LogP contribution < -0.4 is 5.73 Å². The van der Waals surface area contributed by atoms with E-state index in [1.807, 2.05) is 0 Å². The number of hydrogen-bond donors (Lipinski definition) is 1. The van der Waals surface area contributed by atoms with Gasteiger partial charge in [0.1, 0.15) is 11.6 Å². The molecule has 0 radical (unpaired) electrons. The molecule has 0 saturated heterocycles. The first kappa shape index (κ1) is 14.0. The Morgan fingerprint density at radius 3 is 2.58 bits per heavy atom. The molecule has 2 rings (SSSR count). The van der Waals surface area contributed by atoms with Gasteiger partial charge in [0.15, 0.2) is 0 Å². The zero-order chi connectivity index (χ0) is 14.0. The zero-order valence-electron chi connectivity index (χ0n) is 10.5. The predicted molar refractivity (Wildman–Crippen MR) is 73.2 cm³/mol. The number of halogens is 3. The van der Waals surface area contributed by atoms with E-state index in [-0.39, 0.29) is 17.3 Å². The Morgan fingerprint density at radius 2 is 1.84 bits per heavy atom. The fourth-order valence-corrected chi connectivity index (χ4v) is 2.21. The van der Waals surface area contributed by atoms with Crippen molar-refractivity contribution in [3.05, 3.63) is 69.7 Å². The fourth-order valence-electron chi connectivity index (χ4n) is 2.01. The monoisotopic (exact) mass is 281 g/mol. The van der Waals surface area contributed by atoms with Gasteiger partial charge in [-0.25, -0.2) is 8.78 Å². The summed E-state index contributed by atoms with van der Waals surface area (Å²) in [5, 5.41) is 0.0472. The third-order valence-corrected chi connectivity index (χ3v) is 3.52. The molecule has 0 saturated carbocycles. The highest BCUT2D eigenvalue weighted by atomic mass is 35.5. The first-order valence-electron chi connectivity index (χ1n) is 5.94. The van der Waals surface area contributed by atoms with E-state index in [0.29, 0.717) is 16.7 Å². The molecule has 19 heavy (non-hydrogen) atoms. The van der Waals surface area contributed by atoms with Gasteiger partial charge in [0, 0.05) is 11.6 Å². The van der Waals surface area contributed by atoms with Crippen molar-refractivity contribution in [1.82, 2.24) is 0 Å². The second kappa shape index (κ2) is 5.68. The van der Waals surface area contributed by atoms with Gasteiger partial charge in [-0.1, -0.05) is 41.9 Å². The number of rotatable bonds is 3. The van der Waals surface area contributed by atoms with Gasteiger partial charge < -0.3 is 5.73 Å². The van der Waals surface area contributed by atoms with Crippen molar-refractivity contribution in [3.8, 4) is 0 Å². The highest BCUT2D eigenvalue weighted by Crippen LogP contribution is 2.26. The molecule has 0 fully saturated rings. The van der Waals surface area contributed by atoms with Gasteiger partial charge in [-0.2, -0.15) is 0 Å². The van der Waals surface area contributed by atoms with Crippen LogP contribution in [-0.2, 0) is 6.42 Å². The zero-order valence-corrected chi connectivity index (χ0v) is 11.2. The lowest BCUT2D eigenvalue weighted by Crippen LogP contribution is -2.16. The van der Waals surface area contributed by atoms with Crippen LogP contribution in [-0.4, -0.2) is 0 Å². The lowest BCUT2D eigenvalue weighted by molar-refractivity contribution is 0.571. The molecule has 2 aromatic rings. The summed E-state index contributed by atoms with van der Waals surface area (Å²) in [5.74, 6) is -0.807. The van der Waals surface area contributed by atoms with E-state index in [4.69, 9.17) is 17.3 Å². The minimum absolute atomic E-state index is 0.0472. The summed E-state index contributed by atoms with van der Waals surface area (Å²) < 4.78 is 27.3. The molecule has 0 amide bonds. The average molecular weight is 282 g/mol. The summed E-state index contributed by atoms with van der Waals surface area (Å²) >= 11 is 5.87. The Bertz CT molecular complexity index is 599. The highest BCUT2D eigenvalue weighted by molar-refractivity contribution is 6.31. The van der Waals surface area contributed by atoms with Gasteiger partial charge in [-0.05, 0) is 30.5 Å². The maximum Gasteiger partial charge on any atom is 0.142 e. The summed E-state index contributed by atoms with van der Waals surface area (Å²) in [6, 6.07) is 9.06. The van der Waals surface area contributed by atoms with E-state index in [2.05, 4.69) is 0 Å². The summed E-state index contributed by atoms with van der Waals surface area (Å²) in [5.41, 5.74) is 7.53. The fraction of sp³-hybridized carbons (Fsp3) is 0.200. The van der Waals surface area contributed by atoms with Crippen molar-refractivity contribution in [2.24, 2.45) is 5.73 Å². The molecule has 1 atom stereocenters. The van der Waals surface area contributed by atoms with Crippen molar-refractivity contribution in [3.63, 3.8) is 0 Å². The molecule has 100 valence electrons. The van der Waals surface area contributed by atoms with Gasteiger partial charge in [0.25, 0.3) is 0 Å². The second-order valence-corrected chi connectivity index (χ2v) is 4.88. The Morgan fingerprint density at radius 1 is 1.16 bits per heavy atom. The number of benzene rings is 2. The molecule has 0 aromatic heterocycles. The summed E-state index contributed by atoms with van der Waals surface area (Å²) in [4.78, 5) is 0. The van der Waals surface area contributed by atoms with E-state index in [9.17, 15) is 8.78 Å². The lowest BCUT2D eigenvalue weighted by atomic mass is 9.97. The Balaban J connectivity index is 2.28. The lowest BCUT2D eigenvalue weighted by Gasteiger charge is -2.15. The summed E-state index contributed by atoms with van der Waals surface area (Å²) in [6.45, 7) is 1.68. The first-order valence-corrected chi connectivity index (χ1v) is 6.32. The van der Waals surface area contributed by atoms with E-state index in [1.165, 1.54) is 6.07 Å². The molecule has 2 aromatic carbocycles. The molecule has 0 aliphatic rings. The molecule has 0 aliphatic carbocycles. The van der Waals surface area contributed by atoms with Gasteiger partial charge in [0.2, 0.25) is 0 Å². The highest BCUT2D eigenvalue weighted by Gasteiger charge is 2.15. The van der Waals surface area contributed by atoms with Gasteiger partial charge in [-0.3, -0.25) is 0 Å². The topological polar surface area (TPSA) is 26.0 Å². The van der Waals surface area contributed by atoms with E-state index < -0.39 is 11.9 Å². The van der Waals surface area contributed by atoms with Crippen molar-refractivity contribution in [2.45, 2.75) is 19.4 Å². The minimum atomic E-state index is -0.556. The van der Waals surface area contributed by atoms with E-state index >= 15 is 0 Å². The quantitative estimate of drug-likeness (QED) is 0.898. The predicted octanol–water partition coefficient (Wildman–Crippen LogP) is 4.17. The Hall–Kier alpha value is -1.45. The normalized spacial score (nSPS) is 12.5. The van der Waals surface area contributed by atoms with Crippen LogP contribution in [0, 0.1) is 18.6 Å². The molecule has 2 N–H and O–H groups in total. The summed E-state index contributed by atoms with van der Waals surface area (Å²) in [7, 11) is 0. The maximum absolute atomic E-state index is 13.9. The van der Waals surface area contributed by atoms with Crippen molar-refractivity contribution < 1.29 is 8.78 Å². The molecule has 0 bridgehead atoms. The van der Waals surface area contributed by atoms with Crippen LogP contribution in [0.2, 0.25) is 5.02 Å². The summed E-state index contributed by atoms with van der Waals surface area (Å²) in [6.07, 6.45) is 0.289. The third kappa shape index (κ3) is 2.94. The third-order valence-electron chi connectivity index (χ3n) is 3.09. The van der Waals surface area contributed by atoms with Crippen LogP contribution in [0.15, 0.2) is 36.4 Å². The molecule has 4 heteroatoms. The van der Waals surface area contributed by atoms with Crippen molar-refractivity contribution in [1.29, 1.82) is 0 Å². The Kier molecular flexibility index (Phi) is 4.17. The standard InChI is InChI=1S/C15H14ClF2N/c1-9-4-2-6-11(15(9)18)13(19)8-10-5-3-7-12(17)14(10)16/h2-7,13H,8,19H2,1H3. The molecule has 1 unspecified atom stereocenters. The molecule has 0 aliphatic heterocycles. The Labute approximate surface area is 116 Å². The molecule has 0 heterocycles. The maximum atomic E-state index is 13.9. The van der Waals surface area contributed by atoms with Crippen LogP contribution in [0.4, 0.5) is 8.78 Å². The van der Waals surface area contributed by atoms with Gasteiger partial charge in [0.05, 0.1) is 5.02 Å². The van der Waals surface area contributed by atoms with Crippen LogP contribution in [0.1, 0.15) is 22.7 Å². The molecule has 1 nitrogen and oxygen atoms in total. The molecule has 0 spiro atoms. The largest absolute Gasteiger partial charge is 0.324 e. The SMILES string of the molecule is Cc1cccc(C(N)Cc2cccc(F)c2Cl)c1F. The van der Waals surface area contributed by atoms with Crippen LogP contribution >= 0.6 is 11.6 Å².